The van der Waals surface area contributed by atoms with Gasteiger partial charge in [-0.3, -0.25) is 9.59 Å². The maximum absolute atomic E-state index is 12.1. The Kier molecular flexibility index (Phi) is 6.79. The van der Waals surface area contributed by atoms with Crippen molar-refractivity contribution in [2.45, 2.75) is 12.8 Å². The van der Waals surface area contributed by atoms with Gasteiger partial charge in [-0.05, 0) is 18.8 Å². The highest BCUT2D eigenvalue weighted by Crippen LogP contribution is 2.17. The number of likely N-dealkylation sites (tertiary alicyclic amines) is 1. The van der Waals surface area contributed by atoms with E-state index in [2.05, 4.69) is 0 Å². The molecule has 2 fully saturated rings. The fourth-order valence-electron chi connectivity index (χ4n) is 2.66. The summed E-state index contributed by atoms with van der Waals surface area (Å²) in [5.41, 5.74) is 0. The molecule has 0 aromatic carbocycles. The Morgan fingerprint density at radius 1 is 1.10 bits per heavy atom. The van der Waals surface area contributed by atoms with Crippen LogP contribution in [0, 0.1) is 5.92 Å². The zero-order chi connectivity index (χ0) is 15.1. The number of piperidine rings is 1. The first kappa shape index (κ1) is 16.6. The Morgan fingerprint density at radius 3 is 2.43 bits per heavy atom. The minimum absolute atomic E-state index is 0.0768. The zero-order valence-electron chi connectivity index (χ0n) is 12.3. The van der Waals surface area contributed by atoms with E-state index in [0.29, 0.717) is 44.4 Å². The van der Waals surface area contributed by atoms with Crippen LogP contribution in [0.3, 0.4) is 0 Å². The number of amides is 2. The fourth-order valence-corrected chi connectivity index (χ4v) is 3.48. The minimum atomic E-state index is 0.0768. The second-order valence-electron chi connectivity index (χ2n) is 5.52. The number of rotatable bonds is 5. The second kappa shape index (κ2) is 8.60. The van der Waals surface area contributed by atoms with Crippen LogP contribution in [0.1, 0.15) is 12.8 Å². The van der Waals surface area contributed by atoms with Crippen LogP contribution in [0.15, 0.2) is 0 Å². The van der Waals surface area contributed by atoms with Gasteiger partial charge in [-0.15, -0.1) is 11.8 Å². The van der Waals surface area contributed by atoms with Crippen molar-refractivity contribution >= 4 is 23.6 Å². The molecule has 0 saturated carbocycles. The summed E-state index contributed by atoms with van der Waals surface area (Å²) in [4.78, 5) is 27.7. The third kappa shape index (κ3) is 5.16. The van der Waals surface area contributed by atoms with Crippen molar-refractivity contribution in [3.05, 3.63) is 0 Å². The highest BCUT2D eigenvalue weighted by atomic mass is 32.2. The molecule has 0 aromatic heterocycles. The number of nitrogens with zero attached hydrogens (tertiary/aromatic N) is 2. The quantitative estimate of drug-likeness (QED) is 0.761. The first-order chi connectivity index (χ1) is 10.2. The topological polar surface area (TPSA) is 70.1 Å². The number of hydrogen-bond acceptors (Lipinski definition) is 5. The van der Waals surface area contributed by atoms with Crippen LogP contribution >= 0.6 is 11.8 Å². The number of ether oxygens (including phenoxy) is 1. The van der Waals surface area contributed by atoms with Gasteiger partial charge >= 0.3 is 0 Å². The molecule has 1 unspecified atom stereocenters. The molecule has 7 heteroatoms. The van der Waals surface area contributed by atoms with Gasteiger partial charge in [0, 0.05) is 32.8 Å². The Hall–Kier alpha value is -0.790. The van der Waals surface area contributed by atoms with Crippen molar-refractivity contribution in [2.75, 3.05) is 57.5 Å². The maximum Gasteiger partial charge on any atom is 0.232 e. The van der Waals surface area contributed by atoms with Crippen LogP contribution in [0.4, 0.5) is 0 Å². The predicted molar refractivity (Wildman–Crippen MR) is 81.1 cm³/mol. The zero-order valence-corrected chi connectivity index (χ0v) is 13.1. The van der Waals surface area contributed by atoms with Crippen LogP contribution in [0.5, 0.6) is 0 Å². The minimum Gasteiger partial charge on any atom is -0.396 e. The lowest BCUT2D eigenvalue weighted by Crippen LogP contribution is -2.43. The summed E-state index contributed by atoms with van der Waals surface area (Å²) in [6, 6.07) is 0. The number of carbonyl (C=O) groups excluding carboxylic acids is 2. The molecule has 2 aliphatic heterocycles. The van der Waals surface area contributed by atoms with Crippen molar-refractivity contribution in [3.8, 4) is 0 Å². The predicted octanol–water partition coefficient (Wildman–Crippen LogP) is -0.191. The van der Waals surface area contributed by atoms with Gasteiger partial charge in [-0.1, -0.05) is 0 Å². The summed E-state index contributed by atoms with van der Waals surface area (Å²) >= 11 is 1.38. The van der Waals surface area contributed by atoms with E-state index in [4.69, 9.17) is 4.74 Å². The largest absolute Gasteiger partial charge is 0.396 e. The van der Waals surface area contributed by atoms with Gasteiger partial charge < -0.3 is 19.6 Å². The van der Waals surface area contributed by atoms with Gasteiger partial charge in [0.2, 0.25) is 11.8 Å². The van der Waals surface area contributed by atoms with E-state index in [9.17, 15) is 14.7 Å². The maximum atomic E-state index is 12.1. The Labute approximate surface area is 129 Å². The smallest absolute Gasteiger partial charge is 0.232 e. The van der Waals surface area contributed by atoms with E-state index >= 15 is 0 Å². The summed E-state index contributed by atoms with van der Waals surface area (Å²) in [5.74, 6) is 1.07. The van der Waals surface area contributed by atoms with Gasteiger partial charge in [0.15, 0.2) is 0 Å². The molecule has 0 bridgehead atoms. The van der Waals surface area contributed by atoms with Gasteiger partial charge in [0.05, 0.1) is 24.7 Å². The van der Waals surface area contributed by atoms with E-state index in [-0.39, 0.29) is 24.3 Å². The normalized spacial score (nSPS) is 23.2. The van der Waals surface area contributed by atoms with E-state index in [1.165, 1.54) is 11.8 Å². The van der Waals surface area contributed by atoms with E-state index in [1.807, 2.05) is 4.90 Å². The molecule has 1 N–H and O–H groups in total. The molecule has 2 saturated heterocycles. The summed E-state index contributed by atoms with van der Waals surface area (Å²) in [7, 11) is 0. The van der Waals surface area contributed by atoms with E-state index in [1.54, 1.807) is 4.90 Å². The van der Waals surface area contributed by atoms with Crippen LogP contribution < -0.4 is 0 Å². The fraction of sp³-hybridized carbons (Fsp3) is 0.857. The molecular formula is C14H24N2O4S. The molecule has 2 amide bonds. The van der Waals surface area contributed by atoms with Crippen molar-refractivity contribution in [2.24, 2.45) is 5.92 Å². The second-order valence-corrected chi connectivity index (χ2v) is 6.50. The first-order valence-electron chi connectivity index (χ1n) is 7.52. The molecule has 1 atom stereocenters. The highest BCUT2D eigenvalue weighted by Gasteiger charge is 2.23. The summed E-state index contributed by atoms with van der Waals surface area (Å²) < 4.78 is 5.21. The lowest BCUT2D eigenvalue weighted by molar-refractivity contribution is -0.132. The monoisotopic (exact) mass is 316 g/mol. The SMILES string of the molecule is O=C(CSCC(=O)N1CCCC(CO)C1)N1CCOCC1. The molecule has 2 heterocycles. The van der Waals surface area contributed by atoms with Crippen LogP contribution in [0.25, 0.3) is 0 Å². The number of aliphatic hydroxyl groups is 1. The Bertz CT molecular complexity index is 361. The van der Waals surface area contributed by atoms with E-state index < -0.39 is 0 Å². The number of hydrogen-bond donors (Lipinski definition) is 1. The summed E-state index contributed by atoms with van der Waals surface area (Å²) in [6.45, 7) is 4.07. The van der Waals surface area contributed by atoms with Gasteiger partial charge in [0.25, 0.3) is 0 Å². The average Bonchev–Trinajstić information content (AvgIpc) is 2.55. The molecule has 2 aliphatic rings. The third-order valence-corrected chi connectivity index (χ3v) is 4.85. The molecule has 21 heavy (non-hydrogen) atoms. The molecule has 2 rings (SSSR count). The van der Waals surface area contributed by atoms with Crippen LogP contribution in [-0.2, 0) is 14.3 Å². The molecule has 0 spiro atoms. The molecule has 0 aromatic rings. The first-order valence-corrected chi connectivity index (χ1v) is 8.68. The van der Waals surface area contributed by atoms with Crippen LogP contribution in [0.2, 0.25) is 0 Å². The number of morpholine rings is 1. The highest BCUT2D eigenvalue weighted by molar-refractivity contribution is 8.00. The Balaban J connectivity index is 1.65. The van der Waals surface area contributed by atoms with Crippen molar-refractivity contribution < 1.29 is 19.4 Å². The molecule has 120 valence electrons. The van der Waals surface area contributed by atoms with Gasteiger partial charge in [-0.25, -0.2) is 0 Å². The summed E-state index contributed by atoms with van der Waals surface area (Å²) in [5, 5.41) is 9.18. The van der Waals surface area contributed by atoms with Gasteiger partial charge in [0.1, 0.15) is 0 Å². The van der Waals surface area contributed by atoms with Crippen molar-refractivity contribution in [3.63, 3.8) is 0 Å². The lowest BCUT2D eigenvalue weighted by atomic mass is 9.99. The number of aliphatic hydroxyl groups excluding tert-OH is 1. The average molecular weight is 316 g/mol. The molecule has 0 aliphatic carbocycles. The number of carbonyl (C=O) groups is 2. The van der Waals surface area contributed by atoms with Crippen molar-refractivity contribution in [1.29, 1.82) is 0 Å². The molecule has 6 nitrogen and oxygen atoms in total. The lowest BCUT2D eigenvalue weighted by Gasteiger charge is -2.32. The van der Waals surface area contributed by atoms with E-state index in [0.717, 1.165) is 19.4 Å². The number of thioether (sulfide) groups is 1. The Morgan fingerprint density at radius 2 is 1.76 bits per heavy atom. The molecular weight excluding hydrogens is 292 g/mol. The van der Waals surface area contributed by atoms with Crippen LogP contribution in [-0.4, -0.2) is 84.2 Å². The molecule has 0 radical (unpaired) electrons. The standard InChI is InChI=1S/C14H24N2O4S/c17-9-12-2-1-3-16(8-12)14(19)11-21-10-13(18)15-4-6-20-7-5-15/h12,17H,1-11H2. The summed E-state index contributed by atoms with van der Waals surface area (Å²) in [6.07, 6.45) is 1.94. The third-order valence-electron chi connectivity index (χ3n) is 3.94. The van der Waals surface area contributed by atoms with Gasteiger partial charge in [-0.2, -0.15) is 0 Å². The van der Waals surface area contributed by atoms with Crippen molar-refractivity contribution in [1.82, 2.24) is 9.80 Å².